The fourth-order valence-electron chi connectivity index (χ4n) is 3.60. The van der Waals surface area contributed by atoms with Crippen molar-refractivity contribution >= 4 is 22.4 Å². The van der Waals surface area contributed by atoms with E-state index in [0.717, 1.165) is 24.4 Å². The summed E-state index contributed by atoms with van der Waals surface area (Å²) in [4.78, 5) is 0. The fraction of sp³-hybridized carbons (Fsp3) is 0.444. The predicted molar refractivity (Wildman–Crippen MR) is 87.6 cm³/mol. The molecular formula is C18H22ClN. The molecule has 1 aliphatic rings. The minimum Gasteiger partial charge on any atom is -0.310 e. The van der Waals surface area contributed by atoms with Gasteiger partial charge in [-0.1, -0.05) is 56.6 Å². The molecule has 0 fully saturated rings. The number of fused-ring (bicyclic) bond motifs is 3. The zero-order valence-electron chi connectivity index (χ0n) is 12.5. The molecule has 0 saturated carbocycles. The smallest absolute Gasteiger partial charge is 0.0487 e. The third-order valence-electron chi connectivity index (χ3n) is 4.43. The molecule has 1 unspecified atom stereocenters. The molecule has 106 valence electrons. The molecule has 20 heavy (non-hydrogen) atoms. The highest BCUT2D eigenvalue weighted by Crippen LogP contribution is 2.49. The number of nitrogens with one attached hydrogen (secondary N) is 1. The van der Waals surface area contributed by atoms with Crippen molar-refractivity contribution in [3.05, 3.63) is 46.5 Å². The summed E-state index contributed by atoms with van der Waals surface area (Å²) in [5.41, 5.74) is 3.07. The van der Waals surface area contributed by atoms with Crippen LogP contribution in [0.25, 0.3) is 10.8 Å². The van der Waals surface area contributed by atoms with Crippen molar-refractivity contribution in [2.45, 2.75) is 45.1 Å². The van der Waals surface area contributed by atoms with E-state index in [9.17, 15) is 0 Å². The van der Waals surface area contributed by atoms with Gasteiger partial charge in [0.15, 0.2) is 0 Å². The van der Waals surface area contributed by atoms with Crippen molar-refractivity contribution in [2.75, 3.05) is 6.54 Å². The second-order valence-corrected chi connectivity index (χ2v) is 6.87. The number of rotatable bonds is 3. The molecule has 0 spiro atoms. The van der Waals surface area contributed by atoms with Crippen LogP contribution in [0.15, 0.2) is 30.3 Å². The third kappa shape index (κ3) is 2.13. The summed E-state index contributed by atoms with van der Waals surface area (Å²) in [6.45, 7) is 7.96. The average molecular weight is 288 g/mol. The molecule has 0 amide bonds. The second kappa shape index (κ2) is 5.05. The number of hydrogen-bond donors (Lipinski definition) is 1. The van der Waals surface area contributed by atoms with E-state index in [0.29, 0.717) is 6.04 Å². The highest BCUT2D eigenvalue weighted by molar-refractivity contribution is 6.35. The van der Waals surface area contributed by atoms with Gasteiger partial charge in [-0.25, -0.2) is 0 Å². The maximum atomic E-state index is 6.51. The van der Waals surface area contributed by atoms with Gasteiger partial charge in [-0.2, -0.15) is 0 Å². The van der Waals surface area contributed by atoms with Crippen molar-refractivity contribution in [3.8, 4) is 0 Å². The molecule has 1 aliphatic carbocycles. The van der Waals surface area contributed by atoms with Gasteiger partial charge in [0.25, 0.3) is 0 Å². The minimum atomic E-state index is 0.199. The Hall–Kier alpha value is -1.05. The maximum Gasteiger partial charge on any atom is 0.0487 e. The molecule has 0 radical (unpaired) electrons. The summed E-state index contributed by atoms with van der Waals surface area (Å²) in [7, 11) is 0. The maximum absolute atomic E-state index is 6.51. The van der Waals surface area contributed by atoms with Crippen molar-refractivity contribution in [3.63, 3.8) is 0 Å². The Kier molecular flexibility index (Phi) is 3.51. The van der Waals surface area contributed by atoms with Crippen LogP contribution in [0.2, 0.25) is 5.02 Å². The van der Waals surface area contributed by atoms with Gasteiger partial charge in [0, 0.05) is 16.5 Å². The highest BCUT2D eigenvalue weighted by atomic mass is 35.5. The Bertz CT molecular complexity index is 645. The summed E-state index contributed by atoms with van der Waals surface area (Å²) >= 11 is 6.51. The molecule has 0 saturated heterocycles. The van der Waals surface area contributed by atoms with Gasteiger partial charge in [0.2, 0.25) is 0 Å². The lowest BCUT2D eigenvalue weighted by Gasteiger charge is -2.21. The molecule has 2 heteroatoms. The van der Waals surface area contributed by atoms with Gasteiger partial charge in [-0.3, -0.25) is 0 Å². The lowest BCUT2D eigenvalue weighted by molar-refractivity contribution is 0.428. The van der Waals surface area contributed by atoms with Gasteiger partial charge in [0.05, 0.1) is 0 Å². The lowest BCUT2D eigenvalue weighted by atomic mass is 9.83. The summed E-state index contributed by atoms with van der Waals surface area (Å²) in [5.74, 6) is 0. The van der Waals surface area contributed by atoms with Crippen LogP contribution in [0.5, 0.6) is 0 Å². The van der Waals surface area contributed by atoms with E-state index in [1.165, 1.54) is 21.9 Å². The van der Waals surface area contributed by atoms with Gasteiger partial charge in [-0.05, 0) is 47.4 Å². The molecule has 0 aliphatic heterocycles. The molecular weight excluding hydrogens is 266 g/mol. The zero-order chi connectivity index (χ0) is 14.3. The zero-order valence-corrected chi connectivity index (χ0v) is 13.2. The first-order chi connectivity index (χ1) is 9.54. The van der Waals surface area contributed by atoms with Crippen molar-refractivity contribution in [1.82, 2.24) is 5.32 Å². The van der Waals surface area contributed by atoms with E-state index >= 15 is 0 Å². The molecule has 3 rings (SSSR count). The molecule has 2 aromatic rings. The van der Waals surface area contributed by atoms with Crippen LogP contribution in [0.4, 0.5) is 0 Å². The average Bonchev–Trinajstić information content (AvgIpc) is 2.68. The van der Waals surface area contributed by atoms with E-state index in [-0.39, 0.29) is 5.41 Å². The molecule has 0 heterocycles. The van der Waals surface area contributed by atoms with E-state index in [1.807, 2.05) is 0 Å². The van der Waals surface area contributed by atoms with Crippen LogP contribution in [0, 0.1) is 0 Å². The first-order valence-corrected chi connectivity index (χ1v) is 7.87. The molecule has 0 aromatic heterocycles. The Balaban J connectivity index is 2.21. The van der Waals surface area contributed by atoms with E-state index < -0.39 is 0 Å². The lowest BCUT2D eigenvalue weighted by Crippen LogP contribution is -2.22. The standard InChI is InChI=1S/C18H22ClN/c1-4-9-20-16-11-18(2,3)17-13-8-6-5-7-12(13)15(19)10-14(16)17/h5-8,10,16,20H,4,9,11H2,1-3H3. The Morgan fingerprint density at radius 3 is 2.65 bits per heavy atom. The van der Waals surface area contributed by atoms with Crippen LogP contribution in [-0.2, 0) is 5.41 Å². The van der Waals surface area contributed by atoms with Gasteiger partial charge >= 0.3 is 0 Å². The molecule has 2 aromatic carbocycles. The predicted octanol–water partition coefficient (Wildman–Crippen LogP) is 5.22. The summed E-state index contributed by atoms with van der Waals surface area (Å²) < 4.78 is 0. The fourth-order valence-corrected chi connectivity index (χ4v) is 3.89. The largest absolute Gasteiger partial charge is 0.310 e. The third-order valence-corrected chi connectivity index (χ3v) is 4.74. The van der Waals surface area contributed by atoms with E-state index in [2.05, 4.69) is 56.4 Å². The van der Waals surface area contributed by atoms with Crippen molar-refractivity contribution < 1.29 is 0 Å². The first kappa shape index (κ1) is 13.9. The normalized spacial score (nSPS) is 20.3. The summed E-state index contributed by atoms with van der Waals surface area (Å²) in [6.07, 6.45) is 2.31. The molecule has 0 bridgehead atoms. The quantitative estimate of drug-likeness (QED) is 0.816. The van der Waals surface area contributed by atoms with E-state index in [1.54, 1.807) is 0 Å². The molecule has 1 nitrogen and oxygen atoms in total. The van der Waals surface area contributed by atoms with Crippen LogP contribution >= 0.6 is 11.6 Å². The molecule has 1 N–H and O–H groups in total. The topological polar surface area (TPSA) is 12.0 Å². The van der Waals surface area contributed by atoms with Gasteiger partial charge in [-0.15, -0.1) is 0 Å². The van der Waals surface area contributed by atoms with Gasteiger partial charge in [0.1, 0.15) is 0 Å². The monoisotopic (exact) mass is 287 g/mol. The SMILES string of the molecule is CCCNC1CC(C)(C)c2c1cc(Cl)c1ccccc21. The number of hydrogen-bond acceptors (Lipinski definition) is 1. The number of benzene rings is 2. The minimum absolute atomic E-state index is 0.199. The van der Waals surface area contributed by atoms with Gasteiger partial charge < -0.3 is 5.32 Å². The van der Waals surface area contributed by atoms with Crippen molar-refractivity contribution in [1.29, 1.82) is 0 Å². The Labute approximate surface area is 126 Å². The number of halogens is 1. The van der Waals surface area contributed by atoms with Crippen LogP contribution < -0.4 is 5.32 Å². The Morgan fingerprint density at radius 1 is 1.25 bits per heavy atom. The summed E-state index contributed by atoms with van der Waals surface area (Å²) in [6, 6.07) is 11.1. The van der Waals surface area contributed by atoms with E-state index in [4.69, 9.17) is 11.6 Å². The summed E-state index contributed by atoms with van der Waals surface area (Å²) in [5, 5.41) is 7.05. The highest BCUT2D eigenvalue weighted by Gasteiger charge is 2.38. The van der Waals surface area contributed by atoms with Crippen molar-refractivity contribution in [2.24, 2.45) is 0 Å². The Morgan fingerprint density at radius 2 is 1.95 bits per heavy atom. The van der Waals surface area contributed by atoms with Crippen LogP contribution in [0.3, 0.4) is 0 Å². The molecule has 1 atom stereocenters. The van der Waals surface area contributed by atoms with Crippen LogP contribution in [-0.4, -0.2) is 6.54 Å². The second-order valence-electron chi connectivity index (χ2n) is 6.46. The van der Waals surface area contributed by atoms with Crippen LogP contribution in [0.1, 0.15) is 50.8 Å². The first-order valence-electron chi connectivity index (χ1n) is 7.49.